The first-order chi connectivity index (χ1) is 10.0. The van der Waals surface area contributed by atoms with Crippen molar-refractivity contribution < 1.29 is 9.90 Å². The zero-order valence-corrected chi connectivity index (χ0v) is 13.0. The third kappa shape index (κ3) is 2.87. The maximum atomic E-state index is 10.9. The van der Waals surface area contributed by atoms with Gasteiger partial charge >= 0.3 is 5.97 Å². The largest absolute Gasteiger partial charge is 0.481 e. The zero-order chi connectivity index (χ0) is 15.0. The number of hydrogen-bond donors (Lipinski definition) is 1. The van der Waals surface area contributed by atoms with E-state index in [1.54, 1.807) is 11.8 Å². The SMILES string of the molecule is Cc1ccc2c(c1)Sc1cc(Cl)ccc1N2CCC(=O)O. The summed E-state index contributed by atoms with van der Waals surface area (Å²) in [4.78, 5) is 15.2. The molecule has 0 bridgehead atoms. The monoisotopic (exact) mass is 319 g/mol. The van der Waals surface area contributed by atoms with Gasteiger partial charge in [0.2, 0.25) is 0 Å². The van der Waals surface area contributed by atoms with Gasteiger partial charge in [0.05, 0.1) is 17.8 Å². The van der Waals surface area contributed by atoms with Crippen LogP contribution in [0.25, 0.3) is 0 Å². The van der Waals surface area contributed by atoms with Gasteiger partial charge in [-0.05, 0) is 42.8 Å². The van der Waals surface area contributed by atoms with Crippen molar-refractivity contribution in [3.63, 3.8) is 0 Å². The number of rotatable bonds is 3. The Morgan fingerprint density at radius 1 is 1.19 bits per heavy atom. The number of carboxylic acid groups (broad SMARTS) is 1. The number of aryl methyl sites for hydroxylation is 1. The lowest BCUT2D eigenvalue weighted by molar-refractivity contribution is -0.136. The second-order valence-corrected chi connectivity index (χ2v) is 6.50. The molecule has 0 spiro atoms. The van der Waals surface area contributed by atoms with Gasteiger partial charge in [0.1, 0.15) is 0 Å². The van der Waals surface area contributed by atoms with Gasteiger partial charge in [-0.2, -0.15) is 0 Å². The van der Waals surface area contributed by atoms with Gasteiger partial charge in [-0.1, -0.05) is 29.4 Å². The fourth-order valence-electron chi connectivity index (χ4n) is 2.42. The van der Waals surface area contributed by atoms with Crippen LogP contribution < -0.4 is 4.90 Å². The Balaban J connectivity index is 2.07. The van der Waals surface area contributed by atoms with Crippen molar-refractivity contribution in [2.24, 2.45) is 0 Å². The molecule has 0 aromatic heterocycles. The van der Waals surface area contributed by atoms with Gasteiger partial charge in [-0.3, -0.25) is 4.79 Å². The Labute approximate surface area is 132 Å². The molecular formula is C16H14ClNO2S. The molecule has 21 heavy (non-hydrogen) atoms. The number of nitrogens with zero attached hydrogens (tertiary/aromatic N) is 1. The highest BCUT2D eigenvalue weighted by molar-refractivity contribution is 7.99. The van der Waals surface area contributed by atoms with E-state index in [2.05, 4.69) is 24.0 Å². The molecule has 2 aromatic carbocycles. The predicted molar refractivity (Wildman–Crippen MR) is 86.0 cm³/mol. The van der Waals surface area contributed by atoms with Crippen LogP contribution in [0.4, 0.5) is 11.4 Å². The molecule has 108 valence electrons. The number of hydrogen-bond acceptors (Lipinski definition) is 3. The number of benzene rings is 2. The number of fused-ring (bicyclic) bond motifs is 2. The molecule has 0 radical (unpaired) electrons. The number of carbonyl (C=O) groups is 1. The van der Waals surface area contributed by atoms with Crippen LogP contribution >= 0.6 is 23.4 Å². The smallest absolute Gasteiger partial charge is 0.305 e. The van der Waals surface area contributed by atoms with E-state index >= 15 is 0 Å². The van der Waals surface area contributed by atoms with E-state index in [-0.39, 0.29) is 6.42 Å². The third-order valence-electron chi connectivity index (χ3n) is 3.39. The van der Waals surface area contributed by atoms with Crippen molar-refractivity contribution in [3.8, 4) is 0 Å². The molecule has 0 fully saturated rings. The Bertz CT molecular complexity index is 666. The molecule has 5 heteroatoms. The first-order valence-electron chi connectivity index (χ1n) is 6.62. The maximum absolute atomic E-state index is 10.9. The van der Waals surface area contributed by atoms with Crippen molar-refractivity contribution in [2.45, 2.75) is 23.1 Å². The van der Waals surface area contributed by atoms with Crippen LogP contribution in [-0.2, 0) is 4.79 Å². The highest BCUT2D eigenvalue weighted by atomic mass is 35.5. The lowest BCUT2D eigenvalue weighted by Gasteiger charge is -2.32. The average Bonchev–Trinajstić information content (AvgIpc) is 2.42. The molecule has 0 unspecified atom stereocenters. The minimum absolute atomic E-state index is 0.0973. The number of anilines is 2. The van der Waals surface area contributed by atoms with Crippen LogP contribution in [0.2, 0.25) is 5.02 Å². The van der Waals surface area contributed by atoms with Crippen LogP contribution in [0.15, 0.2) is 46.2 Å². The van der Waals surface area contributed by atoms with E-state index < -0.39 is 5.97 Å². The standard InChI is InChI=1S/C16H14ClNO2S/c1-10-2-4-12-14(8-10)21-15-9-11(17)3-5-13(15)18(12)7-6-16(19)20/h2-5,8-9H,6-7H2,1H3,(H,19,20). The summed E-state index contributed by atoms with van der Waals surface area (Å²) in [6, 6.07) is 12.0. The summed E-state index contributed by atoms with van der Waals surface area (Å²) in [6.07, 6.45) is 0.0973. The number of halogens is 1. The molecule has 0 saturated heterocycles. The van der Waals surface area contributed by atoms with Gasteiger partial charge in [-0.25, -0.2) is 0 Å². The van der Waals surface area contributed by atoms with Crippen LogP contribution in [-0.4, -0.2) is 17.6 Å². The molecule has 0 amide bonds. The summed E-state index contributed by atoms with van der Waals surface area (Å²) in [7, 11) is 0. The second kappa shape index (κ2) is 5.62. The van der Waals surface area contributed by atoms with Crippen LogP contribution in [0.1, 0.15) is 12.0 Å². The Morgan fingerprint density at radius 2 is 1.86 bits per heavy atom. The lowest BCUT2D eigenvalue weighted by Crippen LogP contribution is -2.23. The van der Waals surface area contributed by atoms with E-state index in [0.29, 0.717) is 11.6 Å². The maximum Gasteiger partial charge on any atom is 0.305 e. The first kappa shape index (κ1) is 14.3. The molecule has 0 aliphatic carbocycles. The zero-order valence-electron chi connectivity index (χ0n) is 11.5. The van der Waals surface area contributed by atoms with Crippen LogP contribution in [0, 0.1) is 6.92 Å². The van der Waals surface area contributed by atoms with E-state index in [9.17, 15) is 4.79 Å². The molecule has 3 rings (SSSR count). The molecule has 1 aliphatic heterocycles. The number of aliphatic carboxylic acids is 1. The molecule has 1 heterocycles. The van der Waals surface area contributed by atoms with Gasteiger partial charge in [0, 0.05) is 21.4 Å². The minimum atomic E-state index is -0.794. The van der Waals surface area contributed by atoms with Gasteiger partial charge in [0.15, 0.2) is 0 Å². The fourth-order valence-corrected chi connectivity index (χ4v) is 3.89. The Kier molecular flexibility index (Phi) is 3.83. The Hall–Kier alpha value is -1.65. The van der Waals surface area contributed by atoms with Crippen molar-refractivity contribution >= 4 is 40.7 Å². The van der Waals surface area contributed by atoms with Gasteiger partial charge in [0.25, 0.3) is 0 Å². The molecule has 2 aromatic rings. The molecule has 0 atom stereocenters. The second-order valence-electron chi connectivity index (χ2n) is 4.98. The summed E-state index contributed by atoms with van der Waals surface area (Å²) >= 11 is 7.76. The van der Waals surface area contributed by atoms with E-state index in [1.807, 2.05) is 24.3 Å². The molecule has 1 N–H and O–H groups in total. The normalized spacial score (nSPS) is 12.8. The number of carboxylic acids is 1. The highest BCUT2D eigenvalue weighted by Gasteiger charge is 2.24. The van der Waals surface area contributed by atoms with Crippen molar-refractivity contribution in [1.82, 2.24) is 0 Å². The van der Waals surface area contributed by atoms with Crippen molar-refractivity contribution in [1.29, 1.82) is 0 Å². The predicted octanol–water partition coefficient (Wildman–Crippen LogP) is 4.73. The van der Waals surface area contributed by atoms with Crippen molar-refractivity contribution in [3.05, 3.63) is 47.0 Å². The first-order valence-corrected chi connectivity index (χ1v) is 7.81. The Morgan fingerprint density at radius 3 is 2.57 bits per heavy atom. The van der Waals surface area contributed by atoms with E-state index in [0.717, 1.165) is 21.2 Å². The molecule has 1 aliphatic rings. The summed E-state index contributed by atoms with van der Waals surface area (Å²) in [5.41, 5.74) is 3.26. The van der Waals surface area contributed by atoms with E-state index in [1.165, 1.54) is 5.56 Å². The fraction of sp³-hybridized carbons (Fsp3) is 0.188. The molecule has 0 saturated carbocycles. The quantitative estimate of drug-likeness (QED) is 0.888. The lowest BCUT2D eigenvalue weighted by atomic mass is 10.1. The average molecular weight is 320 g/mol. The summed E-state index contributed by atoms with van der Waals surface area (Å²) in [5.74, 6) is -0.794. The highest BCUT2D eigenvalue weighted by Crippen LogP contribution is 2.49. The summed E-state index contributed by atoms with van der Waals surface area (Å²) in [5, 5.41) is 9.67. The van der Waals surface area contributed by atoms with Crippen LogP contribution in [0.3, 0.4) is 0 Å². The molecular weight excluding hydrogens is 306 g/mol. The minimum Gasteiger partial charge on any atom is -0.481 e. The van der Waals surface area contributed by atoms with Gasteiger partial charge in [-0.15, -0.1) is 0 Å². The van der Waals surface area contributed by atoms with Gasteiger partial charge < -0.3 is 10.0 Å². The summed E-state index contributed by atoms with van der Waals surface area (Å²) < 4.78 is 0. The van der Waals surface area contributed by atoms with Crippen molar-refractivity contribution in [2.75, 3.05) is 11.4 Å². The molecule has 3 nitrogen and oxygen atoms in total. The van der Waals surface area contributed by atoms with Crippen LogP contribution in [0.5, 0.6) is 0 Å². The topological polar surface area (TPSA) is 40.5 Å². The summed E-state index contributed by atoms with van der Waals surface area (Å²) in [6.45, 7) is 2.50. The van der Waals surface area contributed by atoms with E-state index in [4.69, 9.17) is 16.7 Å². The third-order valence-corrected chi connectivity index (χ3v) is 4.72.